The highest BCUT2D eigenvalue weighted by Gasteiger charge is 2.30. The van der Waals surface area contributed by atoms with Crippen molar-refractivity contribution in [3.8, 4) is 0 Å². The van der Waals surface area contributed by atoms with Gasteiger partial charge in [-0.3, -0.25) is 14.9 Å². The highest BCUT2D eigenvalue weighted by atomic mass is 32.1. The quantitative estimate of drug-likeness (QED) is 0.470. The van der Waals surface area contributed by atoms with Crippen molar-refractivity contribution in [2.75, 3.05) is 11.4 Å². The fourth-order valence-electron chi connectivity index (χ4n) is 2.67. The van der Waals surface area contributed by atoms with E-state index in [1.165, 1.54) is 37.2 Å². The molecule has 1 aromatic heterocycles. The van der Waals surface area contributed by atoms with Gasteiger partial charge >= 0.3 is 5.69 Å². The van der Waals surface area contributed by atoms with Crippen molar-refractivity contribution in [1.29, 1.82) is 0 Å². The Hall–Kier alpha value is -1.43. The molecule has 1 aliphatic rings. The number of ketones is 1. The lowest BCUT2D eigenvalue weighted by Gasteiger charge is -2.27. The molecule has 0 saturated heterocycles. The number of thiophene rings is 1. The average Bonchev–Trinajstić information content (AvgIpc) is 2.98. The number of carbonyl (C=O) groups excluding carboxylic acids is 1. The Morgan fingerprint density at radius 3 is 2.63 bits per heavy atom. The minimum absolute atomic E-state index is 0.0731. The molecule has 0 aromatic carbocycles. The van der Waals surface area contributed by atoms with Gasteiger partial charge in [0.15, 0.2) is 10.8 Å². The molecule has 5 nitrogen and oxygen atoms in total. The number of nitro groups is 1. The number of carbonyl (C=O) groups is 1. The van der Waals surface area contributed by atoms with Crippen LogP contribution in [0.1, 0.15) is 49.2 Å². The van der Waals surface area contributed by atoms with Crippen LogP contribution < -0.4 is 4.90 Å². The minimum Gasteiger partial charge on any atom is -0.355 e. The topological polar surface area (TPSA) is 63.5 Å². The molecule has 19 heavy (non-hydrogen) atoms. The van der Waals surface area contributed by atoms with E-state index in [0.29, 0.717) is 15.9 Å². The second-order valence-electron chi connectivity index (χ2n) is 4.84. The molecule has 0 radical (unpaired) electrons. The summed E-state index contributed by atoms with van der Waals surface area (Å²) >= 11 is 1.25. The SMILES string of the molecule is CCN(c1sc(C(C)=O)cc1[N+](=O)[O-])C1CCCC1. The lowest BCUT2D eigenvalue weighted by molar-refractivity contribution is -0.383. The Kier molecular flexibility index (Phi) is 4.19. The molecule has 0 unspecified atom stereocenters. The molecule has 0 spiro atoms. The van der Waals surface area contributed by atoms with E-state index in [4.69, 9.17) is 0 Å². The third kappa shape index (κ3) is 2.78. The van der Waals surface area contributed by atoms with Crippen molar-refractivity contribution >= 4 is 27.8 Å². The largest absolute Gasteiger partial charge is 0.355 e. The smallest absolute Gasteiger partial charge is 0.304 e. The predicted octanol–water partition coefficient (Wildman–Crippen LogP) is 3.63. The molecule has 6 heteroatoms. The number of Topliss-reactive ketones (excluding diaryl/α,β-unsaturated/α-hetero) is 1. The van der Waals surface area contributed by atoms with Crippen LogP contribution in [0.2, 0.25) is 0 Å². The van der Waals surface area contributed by atoms with Gasteiger partial charge < -0.3 is 4.90 Å². The molecular weight excluding hydrogens is 264 g/mol. The van der Waals surface area contributed by atoms with Gasteiger partial charge in [0.2, 0.25) is 0 Å². The molecule has 1 aromatic rings. The zero-order valence-electron chi connectivity index (χ0n) is 11.2. The summed E-state index contributed by atoms with van der Waals surface area (Å²) in [6.07, 6.45) is 4.52. The first-order valence-corrected chi connectivity index (χ1v) is 7.42. The standard InChI is InChI=1S/C13H18N2O3S/c1-3-14(10-6-4-5-7-10)13-11(15(17)18)8-12(19-13)9(2)16/h8,10H,3-7H2,1-2H3. The van der Waals surface area contributed by atoms with Crippen molar-refractivity contribution in [3.05, 3.63) is 21.1 Å². The summed E-state index contributed by atoms with van der Waals surface area (Å²) in [5, 5.41) is 11.8. The molecule has 0 amide bonds. The number of rotatable bonds is 5. The number of nitrogens with zero attached hydrogens (tertiary/aromatic N) is 2. The van der Waals surface area contributed by atoms with E-state index >= 15 is 0 Å². The second kappa shape index (κ2) is 5.69. The molecule has 0 atom stereocenters. The number of hydrogen-bond acceptors (Lipinski definition) is 5. The molecule has 0 bridgehead atoms. The summed E-state index contributed by atoms with van der Waals surface area (Å²) in [6.45, 7) is 4.20. The Morgan fingerprint density at radius 1 is 1.53 bits per heavy atom. The van der Waals surface area contributed by atoms with Crippen molar-refractivity contribution in [2.24, 2.45) is 0 Å². The van der Waals surface area contributed by atoms with E-state index in [2.05, 4.69) is 4.90 Å². The van der Waals surface area contributed by atoms with Crippen LogP contribution in [0.25, 0.3) is 0 Å². The summed E-state index contributed by atoms with van der Waals surface area (Å²) in [6, 6.07) is 1.79. The van der Waals surface area contributed by atoms with Crippen LogP contribution in [0.5, 0.6) is 0 Å². The van der Waals surface area contributed by atoms with Gasteiger partial charge in [0.25, 0.3) is 0 Å². The molecule has 0 aliphatic heterocycles. The Bertz CT molecular complexity index is 492. The van der Waals surface area contributed by atoms with Gasteiger partial charge in [-0.15, -0.1) is 11.3 Å². The lowest BCUT2D eigenvalue weighted by atomic mass is 10.2. The number of anilines is 1. The molecule has 1 fully saturated rings. The summed E-state index contributed by atoms with van der Waals surface area (Å²) < 4.78 is 0. The van der Waals surface area contributed by atoms with Crippen LogP contribution in [0.4, 0.5) is 10.7 Å². The summed E-state index contributed by atoms with van der Waals surface area (Å²) in [5.74, 6) is -0.109. The third-order valence-corrected chi connectivity index (χ3v) is 4.87. The summed E-state index contributed by atoms with van der Waals surface area (Å²) in [5.41, 5.74) is 0.0731. The molecule has 2 rings (SSSR count). The van der Waals surface area contributed by atoms with E-state index in [9.17, 15) is 14.9 Å². The van der Waals surface area contributed by atoms with Crippen LogP contribution in [-0.4, -0.2) is 23.3 Å². The van der Waals surface area contributed by atoms with Gasteiger partial charge in [-0.25, -0.2) is 0 Å². The highest BCUT2D eigenvalue weighted by Crippen LogP contribution is 2.41. The maximum Gasteiger partial charge on any atom is 0.304 e. The minimum atomic E-state index is -0.379. The first-order chi connectivity index (χ1) is 9.04. The van der Waals surface area contributed by atoms with E-state index in [1.54, 1.807) is 0 Å². The van der Waals surface area contributed by atoms with E-state index in [1.807, 2.05) is 6.92 Å². The van der Waals surface area contributed by atoms with Crippen molar-refractivity contribution < 1.29 is 9.72 Å². The Balaban J connectivity index is 2.39. The van der Waals surface area contributed by atoms with Crippen molar-refractivity contribution in [1.82, 2.24) is 0 Å². The first kappa shape index (κ1) is 14.0. The normalized spacial score (nSPS) is 15.7. The van der Waals surface area contributed by atoms with E-state index in [-0.39, 0.29) is 16.4 Å². The van der Waals surface area contributed by atoms with Crippen LogP contribution in [-0.2, 0) is 0 Å². The van der Waals surface area contributed by atoms with Crippen molar-refractivity contribution in [3.63, 3.8) is 0 Å². The van der Waals surface area contributed by atoms with Crippen LogP contribution in [0, 0.1) is 10.1 Å². The first-order valence-electron chi connectivity index (χ1n) is 6.60. The molecular formula is C13H18N2O3S. The summed E-state index contributed by atoms with van der Waals surface area (Å²) in [4.78, 5) is 24.8. The van der Waals surface area contributed by atoms with Crippen LogP contribution >= 0.6 is 11.3 Å². The summed E-state index contributed by atoms with van der Waals surface area (Å²) in [7, 11) is 0. The zero-order chi connectivity index (χ0) is 14.0. The monoisotopic (exact) mass is 282 g/mol. The van der Waals surface area contributed by atoms with Crippen molar-refractivity contribution in [2.45, 2.75) is 45.6 Å². The number of hydrogen-bond donors (Lipinski definition) is 0. The zero-order valence-corrected chi connectivity index (χ0v) is 12.0. The van der Waals surface area contributed by atoms with Gasteiger partial charge in [-0.2, -0.15) is 0 Å². The molecule has 1 saturated carbocycles. The fraction of sp³-hybridized carbons (Fsp3) is 0.615. The van der Waals surface area contributed by atoms with Crippen LogP contribution in [0.15, 0.2) is 6.07 Å². The molecule has 0 N–H and O–H groups in total. The lowest BCUT2D eigenvalue weighted by Crippen LogP contribution is -2.32. The van der Waals surface area contributed by atoms with Gasteiger partial charge in [-0.05, 0) is 26.7 Å². The van der Waals surface area contributed by atoms with Gasteiger partial charge in [0.05, 0.1) is 9.80 Å². The highest BCUT2D eigenvalue weighted by molar-refractivity contribution is 7.18. The van der Waals surface area contributed by atoms with Gasteiger partial charge in [-0.1, -0.05) is 12.8 Å². The predicted molar refractivity (Wildman–Crippen MR) is 76.3 cm³/mol. The Labute approximate surface area is 116 Å². The van der Waals surface area contributed by atoms with Crippen LogP contribution in [0.3, 0.4) is 0 Å². The molecule has 104 valence electrons. The maximum absolute atomic E-state index is 11.4. The third-order valence-electron chi connectivity index (χ3n) is 3.60. The van der Waals surface area contributed by atoms with Gasteiger partial charge in [0.1, 0.15) is 0 Å². The Morgan fingerprint density at radius 2 is 2.16 bits per heavy atom. The van der Waals surface area contributed by atoms with Gasteiger partial charge in [0, 0.05) is 18.7 Å². The van der Waals surface area contributed by atoms with E-state index in [0.717, 1.165) is 19.4 Å². The fourth-order valence-corrected chi connectivity index (χ4v) is 3.82. The maximum atomic E-state index is 11.4. The second-order valence-corrected chi connectivity index (χ2v) is 5.87. The molecule has 1 heterocycles. The molecule has 1 aliphatic carbocycles. The van der Waals surface area contributed by atoms with E-state index < -0.39 is 0 Å². The average molecular weight is 282 g/mol.